The van der Waals surface area contributed by atoms with Crippen LogP contribution in [0.1, 0.15) is 37.3 Å². The Balaban J connectivity index is 1.78. The number of halogens is 1. The molecule has 0 radical (unpaired) electrons. The Hall–Kier alpha value is -2.20. The Morgan fingerprint density at radius 2 is 1.92 bits per heavy atom. The molecule has 0 saturated carbocycles. The van der Waals surface area contributed by atoms with Crippen LogP contribution in [-0.4, -0.2) is 19.6 Å². The maximum absolute atomic E-state index is 12.1. The summed E-state index contributed by atoms with van der Waals surface area (Å²) in [6.07, 6.45) is 3.22. The van der Waals surface area contributed by atoms with Crippen LogP contribution in [0.25, 0.3) is 0 Å². The predicted molar refractivity (Wildman–Crippen MR) is 107 cm³/mol. The van der Waals surface area contributed by atoms with Crippen LogP contribution in [0.2, 0.25) is 5.02 Å². The number of hydrogen-bond donors (Lipinski definition) is 1. The minimum atomic E-state index is -0.0769. The van der Waals surface area contributed by atoms with Crippen molar-refractivity contribution in [2.45, 2.75) is 39.5 Å². The maximum atomic E-state index is 12.1. The van der Waals surface area contributed by atoms with E-state index in [1.165, 1.54) is 5.56 Å². The molecule has 140 valence electrons. The zero-order chi connectivity index (χ0) is 18.9. The van der Waals surface area contributed by atoms with Gasteiger partial charge in [-0.2, -0.15) is 0 Å². The third kappa shape index (κ3) is 5.95. The van der Waals surface area contributed by atoms with E-state index in [0.29, 0.717) is 35.9 Å². The van der Waals surface area contributed by atoms with Gasteiger partial charge in [0.2, 0.25) is 5.91 Å². The van der Waals surface area contributed by atoms with E-state index in [1.54, 1.807) is 13.2 Å². The number of rotatable bonds is 9. The molecule has 0 aliphatic rings. The lowest BCUT2D eigenvalue weighted by Gasteiger charge is -2.12. The topological polar surface area (TPSA) is 47.6 Å². The van der Waals surface area contributed by atoms with E-state index >= 15 is 0 Å². The number of hydrogen-bond acceptors (Lipinski definition) is 3. The Kier molecular flexibility index (Phi) is 7.79. The molecular weight excluding hydrogens is 350 g/mol. The molecule has 0 aliphatic heterocycles. The smallest absolute Gasteiger partial charge is 0.224 e. The molecule has 0 heterocycles. The van der Waals surface area contributed by atoms with Crippen LogP contribution in [0.3, 0.4) is 0 Å². The Labute approximate surface area is 160 Å². The van der Waals surface area contributed by atoms with Gasteiger partial charge < -0.3 is 14.8 Å². The normalized spacial score (nSPS) is 10.5. The van der Waals surface area contributed by atoms with E-state index in [2.05, 4.69) is 24.4 Å². The predicted octanol–water partition coefficient (Wildman–Crippen LogP) is 5.41. The fourth-order valence-electron chi connectivity index (χ4n) is 2.61. The van der Waals surface area contributed by atoms with Crippen LogP contribution in [0.15, 0.2) is 36.4 Å². The first-order chi connectivity index (χ1) is 12.5. The summed E-state index contributed by atoms with van der Waals surface area (Å²) in [5.74, 6) is 1.31. The zero-order valence-corrected chi connectivity index (χ0v) is 16.4. The molecule has 1 amide bonds. The van der Waals surface area contributed by atoms with E-state index in [0.717, 1.165) is 24.2 Å². The molecule has 0 saturated heterocycles. The number of benzene rings is 2. The van der Waals surface area contributed by atoms with E-state index in [-0.39, 0.29) is 5.91 Å². The van der Waals surface area contributed by atoms with Crippen LogP contribution >= 0.6 is 11.6 Å². The molecule has 0 aromatic heterocycles. The van der Waals surface area contributed by atoms with Crippen molar-refractivity contribution >= 4 is 23.2 Å². The number of ether oxygens (including phenoxy) is 2. The average molecular weight is 376 g/mol. The molecule has 0 aliphatic carbocycles. The van der Waals surface area contributed by atoms with Gasteiger partial charge in [-0.3, -0.25) is 4.79 Å². The van der Waals surface area contributed by atoms with Gasteiger partial charge in [0.15, 0.2) is 0 Å². The number of aryl methyl sites for hydroxylation is 2. The Morgan fingerprint density at radius 3 is 2.58 bits per heavy atom. The highest BCUT2D eigenvalue weighted by Crippen LogP contribution is 2.31. The number of carbonyl (C=O) groups excluding carboxylic acids is 1. The number of methoxy groups -OCH3 is 1. The second-order valence-corrected chi connectivity index (χ2v) is 6.60. The van der Waals surface area contributed by atoms with Crippen LogP contribution in [0.4, 0.5) is 5.69 Å². The minimum Gasteiger partial charge on any atom is -0.495 e. The van der Waals surface area contributed by atoms with Crippen molar-refractivity contribution in [3.8, 4) is 11.5 Å². The van der Waals surface area contributed by atoms with Gasteiger partial charge in [0.25, 0.3) is 0 Å². The molecule has 0 bridgehead atoms. The van der Waals surface area contributed by atoms with E-state index in [1.807, 2.05) is 25.1 Å². The van der Waals surface area contributed by atoms with Crippen molar-refractivity contribution in [1.29, 1.82) is 0 Å². The molecule has 1 N–H and O–H groups in total. The minimum absolute atomic E-state index is 0.0769. The summed E-state index contributed by atoms with van der Waals surface area (Å²) in [5, 5.41) is 3.48. The van der Waals surface area contributed by atoms with Gasteiger partial charge >= 0.3 is 0 Å². The van der Waals surface area contributed by atoms with Gasteiger partial charge in [0, 0.05) is 17.5 Å². The molecule has 0 atom stereocenters. The van der Waals surface area contributed by atoms with Crippen LogP contribution in [0, 0.1) is 6.92 Å². The highest BCUT2D eigenvalue weighted by atomic mass is 35.5. The molecule has 2 aromatic carbocycles. The Morgan fingerprint density at radius 1 is 1.19 bits per heavy atom. The molecule has 2 aromatic rings. The Bertz CT molecular complexity index is 729. The molecule has 0 spiro atoms. The molecule has 0 fully saturated rings. The highest BCUT2D eigenvalue weighted by Gasteiger charge is 2.10. The second-order valence-electron chi connectivity index (χ2n) is 6.20. The summed E-state index contributed by atoms with van der Waals surface area (Å²) in [7, 11) is 1.55. The first-order valence-electron chi connectivity index (χ1n) is 8.89. The van der Waals surface area contributed by atoms with Crippen LogP contribution in [0.5, 0.6) is 11.5 Å². The summed E-state index contributed by atoms with van der Waals surface area (Å²) < 4.78 is 11.0. The first-order valence-corrected chi connectivity index (χ1v) is 9.27. The second kappa shape index (κ2) is 10.1. The van der Waals surface area contributed by atoms with Crippen LogP contribution < -0.4 is 14.8 Å². The number of nitrogens with one attached hydrogen (secondary N) is 1. The summed E-state index contributed by atoms with van der Waals surface area (Å²) in [6, 6.07) is 11.6. The summed E-state index contributed by atoms with van der Waals surface area (Å²) in [6.45, 7) is 4.55. The lowest BCUT2D eigenvalue weighted by molar-refractivity contribution is -0.116. The third-order valence-electron chi connectivity index (χ3n) is 4.03. The van der Waals surface area contributed by atoms with Gasteiger partial charge in [0.05, 0.1) is 19.4 Å². The monoisotopic (exact) mass is 375 g/mol. The molecule has 5 heteroatoms. The summed E-state index contributed by atoms with van der Waals surface area (Å²) >= 11 is 6.08. The van der Waals surface area contributed by atoms with Gasteiger partial charge in [-0.05, 0) is 49.1 Å². The van der Waals surface area contributed by atoms with Crippen molar-refractivity contribution in [3.63, 3.8) is 0 Å². The highest BCUT2D eigenvalue weighted by molar-refractivity contribution is 6.31. The molecule has 26 heavy (non-hydrogen) atoms. The molecular formula is C21H26ClNO3. The van der Waals surface area contributed by atoms with Crippen molar-refractivity contribution in [3.05, 3.63) is 52.5 Å². The lowest BCUT2D eigenvalue weighted by atomic mass is 10.1. The van der Waals surface area contributed by atoms with Gasteiger partial charge in [0.1, 0.15) is 11.5 Å². The van der Waals surface area contributed by atoms with E-state index < -0.39 is 0 Å². The number of anilines is 1. The average Bonchev–Trinajstić information content (AvgIpc) is 2.63. The van der Waals surface area contributed by atoms with Crippen molar-refractivity contribution in [2.75, 3.05) is 19.0 Å². The van der Waals surface area contributed by atoms with Crippen molar-refractivity contribution in [2.24, 2.45) is 0 Å². The fourth-order valence-corrected chi connectivity index (χ4v) is 2.76. The first kappa shape index (κ1) is 20.1. The van der Waals surface area contributed by atoms with Crippen LogP contribution in [-0.2, 0) is 11.2 Å². The van der Waals surface area contributed by atoms with Gasteiger partial charge in [-0.25, -0.2) is 0 Å². The van der Waals surface area contributed by atoms with Crippen molar-refractivity contribution < 1.29 is 14.3 Å². The van der Waals surface area contributed by atoms with Crippen molar-refractivity contribution in [1.82, 2.24) is 0 Å². The maximum Gasteiger partial charge on any atom is 0.224 e. The summed E-state index contributed by atoms with van der Waals surface area (Å²) in [5.41, 5.74) is 2.83. The van der Waals surface area contributed by atoms with Gasteiger partial charge in [-0.15, -0.1) is 0 Å². The fraction of sp³-hybridized carbons (Fsp3) is 0.381. The molecule has 2 rings (SSSR count). The van der Waals surface area contributed by atoms with Gasteiger partial charge in [-0.1, -0.05) is 37.1 Å². The molecule has 4 nitrogen and oxygen atoms in total. The number of amides is 1. The quantitative estimate of drug-likeness (QED) is 0.596. The SMILES string of the molecule is CCCc1ccc(OCCCC(=O)Nc2cc(C)c(Cl)cc2OC)cc1. The lowest BCUT2D eigenvalue weighted by Crippen LogP contribution is -2.13. The molecule has 0 unspecified atom stereocenters. The zero-order valence-electron chi connectivity index (χ0n) is 15.6. The standard InChI is InChI=1S/C21H26ClNO3/c1-4-6-16-8-10-17(11-9-16)26-12-5-7-21(24)23-19-13-15(2)18(22)14-20(19)25-3/h8-11,13-14H,4-7,12H2,1-3H3,(H,23,24). The summed E-state index contributed by atoms with van der Waals surface area (Å²) in [4.78, 5) is 12.1. The van der Waals surface area contributed by atoms with E-state index in [9.17, 15) is 4.79 Å². The number of carbonyl (C=O) groups is 1. The largest absolute Gasteiger partial charge is 0.495 e. The third-order valence-corrected chi connectivity index (χ3v) is 4.44. The van der Waals surface area contributed by atoms with E-state index in [4.69, 9.17) is 21.1 Å².